The zero-order valence-electron chi connectivity index (χ0n) is 11.6. The number of carbonyl (C=O) groups excluding carboxylic acids is 1. The minimum atomic E-state index is -0.556. The van der Waals surface area contributed by atoms with E-state index in [1.807, 2.05) is 6.07 Å². The number of hydrogen-bond acceptors (Lipinski definition) is 5. The van der Waals surface area contributed by atoms with Gasteiger partial charge in [0.25, 0.3) is 5.56 Å². The summed E-state index contributed by atoms with van der Waals surface area (Å²) in [7, 11) is 1.28. The van der Waals surface area contributed by atoms with Crippen molar-refractivity contribution in [3.05, 3.63) is 63.0 Å². The van der Waals surface area contributed by atoms with Gasteiger partial charge in [-0.05, 0) is 30.3 Å². The Balaban J connectivity index is 1.97. The number of rotatable bonds is 3. The highest BCUT2D eigenvalue weighted by Crippen LogP contribution is 2.15. The molecule has 0 atom stereocenters. The van der Waals surface area contributed by atoms with E-state index in [1.165, 1.54) is 24.1 Å². The van der Waals surface area contributed by atoms with Crippen molar-refractivity contribution in [3.8, 4) is 0 Å². The Kier molecular flexibility index (Phi) is 3.81. The molecule has 3 aromatic rings. The fraction of sp³-hybridized carbons (Fsp3) is 0.133. The van der Waals surface area contributed by atoms with Crippen LogP contribution in [0.5, 0.6) is 0 Å². The molecular formula is C15H11BrN2O4. The Morgan fingerprint density at radius 2 is 2.18 bits per heavy atom. The van der Waals surface area contributed by atoms with Gasteiger partial charge in [-0.25, -0.2) is 9.78 Å². The van der Waals surface area contributed by atoms with Crippen LogP contribution >= 0.6 is 15.9 Å². The zero-order valence-corrected chi connectivity index (χ0v) is 13.2. The molecule has 2 heterocycles. The Hall–Kier alpha value is -2.41. The molecule has 2 aromatic heterocycles. The van der Waals surface area contributed by atoms with Crippen molar-refractivity contribution in [1.29, 1.82) is 0 Å². The summed E-state index contributed by atoms with van der Waals surface area (Å²) in [6.07, 6.45) is 1.46. The number of benzene rings is 1. The van der Waals surface area contributed by atoms with E-state index in [9.17, 15) is 9.59 Å². The second-order valence-corrected chi connectivity index (χ2v) is 5.51. The number of nitrogens with zero attached hydrogens (tertiary/aromatic N) is 2. The van der Waals surface area contributed by atoms with Gasteiger partial charge in [-0.3, -0.25) is 9.36 Å². The van der Waals surface area contributed by atoms with Crippen molar-refractivity contribution >= 4 is 32.8 Å². The molecule has 0 aliphatic carbocycles. The molecule has 6 nitrogen and oxygen atoms in total. The fourth-order valence-corrected chi connectivity index (χ4v) is 2.45. The van der Waals surface area contributed by atoms with Gasteiger partial charge in [-0.2, -0.15) is 0 Å². The maximum Gasteiger partial charge on any atom is 0.373 e. The number of hydrogen-bond donors (Lipinski definition) is 0. The molecule has 112 valence electrons. The Labute approximate surface area is 133 Å². The quantitative estimate of drug-likeness (QED) is 0.669. The van der Waals surface area contributed by atoms with E-state index in [2.05, 4.69) is 25.7 Å². The summed E-state index contributed by atoms with van der Waals surface area (Å²) >= 11 is 3.34. The zero-order chi connectivity index (χ0) is 15.7. The summed E-state index contributed by atoms with van der Waals surface area (Å²) in [6.45, 7) is 0.186. The first kappa shape index (κ1) is 14.5. The molecule has 0 aliphatic rings. The number of ether oxygens (including phenoxy) is 1. The molecule has 0 aliphatic heterocycles. The molecule has 0 radical (unpaired) electrons. The van der Waals surface area contributed by atoms with E-state index in [-0.39, 0.29) is 17.9 Å². The van der Waals surface area contributed by atoms with Gasteiger partial charge in [-0.1, -0.05) is 15.9 Å². The summed E-state index contributed by atoms with van der Waals surface area (Å²) in [4.78, 5) is 28.1. The fourth-order valence-electron chi connectivity index (χ4n) is 2.08. The number of furan rings is 1. The van der Waals surface area contributed by atoms with Crippen molar-refractivity contribution in [2.24, 2.45) is 0 Å². The molecule has 0 N–H and O–H groups in total. The summed E-state index contributed by atoms with van der Waals surface area (Å²) in [5, 5.41) is 0.511. The second-order valence-electron chi connectivity index (χ2n) is 4.60. The molecule has 3 rings (SSSR count). The number of halogens is 1. The van der Waals surface area contributed by atoms with Gasteiger partial charge in [-0.15, -0.1) is 0 Å². The van der Waals surface area contributed by atoms with Gasteiger partial charge >= 0.3 is 5.97 Å². The molecule has 22 heavy (non-hydrogen) atoms. The third-order valence-corrected chi connectivity index (χ3v) is 3.65. The third-order valence-electron chi connectivity index (χ3n) is 3.16. The molecule has 0 spiro atoms. The van der Waals surface area contributed by atoms with Gasteiger partial charge in [0.2, 0.25) is 5.76 Å². The highest BCUT2D eigenvalue weighted by atomic mass is 79.9. The molecule has 0 saturated carbocycles. The maximum atomic E-state index is 12.5. The standard InChI is InChI=1S/C15H11BrN2O4/c1-21-15(20)13-5-3-10(22-13)7-18-8-17-12-4-2-9(16)6-11(12)14(18)19/h2-6,8H,7H2,1H3. The van der Waals surface area contributed by atoms with Crippen LogP contribution in [0.4, 0.5) is 0 Å². The normalized spacial score (nSPS) is 10.8. The van der Waals surface area contributed by atoms with Crippen LogP contribution in [0, 0.1) is 0 Å². The number of carbonyl (C=O) groups is 1. The lowest BCUT2D eigenvalue weighted by molar-refractivity contribution is 0.0563. The van der Waals surface area contributed by atoms with Crippen molar-refractivity contribution in [1.82, 2.24) is 9.55 Å². The van der Waals surface area contributed by atoms with Crippen LogP contribution in [0.15, 0.2) is 50.3 Å². The lowest BCUT2D eigenvalue weighted by Gasteiger charge is -2.05. The van der Waals surface area contributed by atoms with Gasteiger partial charge in [0.15, 0.2) is 0 Å². The van der Waals surface area contributed by atoms with E-state index in [0.717, 1.165) is 4.47 Å². The van der Waals surface area contributed by atoms with Gasteiger partial charge < -0.3 is 9.15 Å². The number of aromatic nitrogens is 2. The molecule has 0 fully saturated rings. The summed E-state index contributed by atoms with van der Waals surface area (Å²) in [5.41, 5.74) is 0.446. The van der Waals surface area contributed by atoms with Gasteiger partial charge in [0, 0.05) is 4.47 Å². The van der Waals surface area contributed by atoms with E-state index in [1.54, 1.807) is 18.2 Å². The monoisotopic (exact) mass is 362 g/mol. The lowest BCUT2D eigenvalue weighted by Crippen LogP contribution is -2.21. The first-order valence-electron chi connectivity index (χ1n) is 6.40. The smallest absolute Gasteiger partial charge is 0.373 e. The first-order chi connectivity index (χ1) is 10.6. The average Bonchev–Trinajstić information content (AvgIpc) is 2.98. The first-order valence-corrected chi connectivity index (χ1v) is 7.19. The Morgan fingerprint density at radius 3 is 2.95 bits per heavy atom. The van der Waals surface area contributed by atoms with E-state index in [4.69, 9.17) is 4.42 Å². The molecule has 0 unspecified atom stereocenters. The van der Waals surface area contributed by atoms with Crippen LogP contribution < -0.4 is 5.56 Å². The minimum Gasteiger partial charge on any atom is -0.463 e. The molecule has 0 saturated heterocycles. The largest absolute Gasteiger partial charge is 0.463 e. The third kappa shape index (κ3) is 2.67. The molecule has 7 heteroatoms. The number of methoxy groups -OCH3 is 1. The van der Waals surface area contributed by atoms with E-state index in [0.29, 0.717) is 16.7 Å². The lowest BCUT2D eigenvalue weighted by atomic mass is 10.2. The van der Waals surface area contributed by atoms with Crippen LogP contribution in [0.2, 0.25) is 0 Å². The predicted octanol–water partition coefficient (Wildman–Crippen LogP) is 2.59. The summed E-state index contributed by atoms with van der Waals surface area (Å²) in [6, 6.07) is 8.46. The average molecular weight is 363 g/mol. The topological polar surface area (TPSA) is 74.3 Å². The van der Waals surface area contributed by atoms with Gasteiger partial charge in [0.05, 0.1) is 30.9 Å². The molecular weight excluding hydrogens is 352 g/mol. The van der Waals surface area contributed by atoms with Crippen LogP contribution in [0.3, 0.4) is 0 Å². The highest BCUT2D eigenvalue weighted by molar-refractivity contribution is 9.10. The molecule has 0 bridgehead atoms. The van der Waals surface area contributed by atoms with E-state index >= 15 is 0 Å². The predicted molar refractivity (Wildman–Crippen MR) is 82.9 cm³/mol. The summed E-state index contributed by atoms with van der Waals surface area (Å²) in [5.74, 6) is 0.0138. The van der Waals surface area contributed by atoms with Crippen molar-refractivity contribution in [2.75, 3.05) is 7.11 Å². The minimum absolute atomic E-state index is 0.0991. The number of fused-ring (bicyclic) bond motifs is 1. The second kappa shape index (κ2) is 5.76. The molecule has 0 amide bonds. The molecule has 1 aromatic carbocycles. The van der Waals surface area contributed by atoms with Gasteiger partial charge in [0.1, 0.15) is 5.76 Å². The van der Waals surface area contributed by atoms with Crippen molar-refractivity contribution < 1.29 is 13.9 Å². The SMILES string of the molecule is COC(=O)c1ccc(Cn2cnc3ccc(Br)cc3c2=O)o1. The summed E-state index contributed by atoms with van der Waals surface area (Å²) < 4.78 is 12.2. The maximum absolute atomic E-state index is 12.5. The highest BCUT2D eigenvalue weighted by Gasteiger charge is 2.12. The van der Waals surface area contributed by atoms with Crippen molar-refractivity contribution in [3.63, 3.8) is 0 Å². The Morgan fingerprint density at radius 1 is 1.36 bits per heavy atom. The van der Waals surface area contributed by atoms with Crippen LogP contribution in [-0.4, -0.2) is 22.6 Å². The van der Waals surface area contributed by atoms with Crippen LogP contribution in [0.1, 0.15) is 16.3 Å². The van der Waals surface area contributed by atoms with E-state index < -0.39 is 5.97 Å². The Bertz CT molecular complexity index is 913. The van der Waals surface area contributed by atoms with Crippen molar-refractivity contribution in [2.45, 2.75) is 6.54 Å². The van der Waals surface area contributed by atoms with Crippen LogP contribution in [0.25, 0.3) is 10.9 Å². The number of esters is 1. The van der Waals surface area contributed by atoms with Crippen LogP contribution in [-0.2, 0) is 11.3 Å².